The van der Waals surface area contributed by atoms with Gasteiger partial charge in [-0.2, -0.15) is 0 Å². The minimum Gasteiger partial charge on any atom is -0.460 e. The van der Waals surface area contributed by atoms with Gasteiger partial charge in [-0.25, -0.2) is 0 Å². The van der Waals surface area contributed by atoms with E-state index in [0.29, 0.717) is 12.5 Å². The number of carbonyl (C=O) groups is 1. The van der Waals surface area contributed by atoms with Crippen LogP contribution in [0.25, 0.3) is 11.3 Å². The fourth-order valence-corrected chi connectivity index (χ4v) is 2.32. The Morgan fingerprint density at radius 1 is 1.30 bits per heavy atom. The highest BCUT2D eigenvalue weighted by Crippen LogP contribution is 2.30. The van der Waals surface area contributed by atoms with E-state index >= 15 is 0 Å². The monoisotopic (exact) mass is 270 g/mol. The van der Waals surface area contributed by atoms with Crippen molar-refractivity contribution in [3.8, 4) is 11.3 Å². The van der Waals surface area contributed by atoms with Crippen LogP contribution in [-0.4, -0.2) is 11.9 Å². The standard InChI is InChI=1S/C16H18N2O2/c1-10(2)17-9-13-4-6-15(20-13)11-3-5-14-12(7-11)8-16(19)18-14/h3-7,10,17H,8-9H2,1-2H3,(H,18,19). The fourth-order valence-electron chi connectivity index (χ4n) is 2.32. The highest BCUT2D eigenvalue weighted by molar-refractivity contribution is 5.99. The van der Waals surface area contributed by atoms with E-state index in [1.165, 1.54) is 0 Å². The average molecular weight is 270 g/mol. The topological polar surface area (TPSA) is 54.3 Å². The molecule has 0 fully saturated rings. The van der Waals surface area contributed by atoms with Crippen LogP contribution in [0.3, 0.4) is 0 Å². The summed E-state index contributed by atoms with van der Waals surface area (Å²) in [6.45, 7) is 4.94. The molecule has 20 heavy (non-hydrogen) atoms. The van der Waals surface area contributed by atoms with Gasteiger partial charge in [0.1, 0.15) is 11.5 Å². The maximum absolute atomic E-state index is 11.4. The minimum absolute atomic E-state index is 0.0541. The van der Waals surface area contributed by atoms with E-state index in [9.17, 15) is 4.79 Å². The maximum atomic E-state index is 11.4. The number of hydrogen-bond donors (Lipinski definition) is 2. The largest absolute Gasteiger partial charge is 0.460 e. The highest BCUT2D eigenvalue weighted by atomic mass is 16.3. The van der Waals surface area contributed by atoms with E-state index in [0.717, 1.165) is 34.9 Å². The van der Waals surface area contributed by atoms with Crippen LogP contribution in [0.5, 0.6) is 0 Å². The van der Waals surface area contributed by atoms with Crippen LogP contribution >= 0.6 is 0 Å². The van der Waals surface area contributed by atoms with Crippen molar-refractivity contribution < 1.29 is 9.21 Å². The van der Waals surface area contributed by atoms with E-state index < -0.39 is 0 Å². The number of rotatable bonds is 4. The Hall–Kier alpha value is -2.07. The predicted octanol–water partition coefficient (Wildman–Crippen LogP) is 2.94. The number of carbonyl (C=O) groups excluding carboxylic acids is 1. The summed E-state index contributed by atoms with van der Waals surface area (Å²) < 4.78 is 5.84. The summed E-state index contributed by atoms with van der Waals surface area (Å²) in [5.41, 5.74) is 2.95. The van der Waals surface area contributed by atoms with Gasteiger partial charge in [-0.1, -0.05) is 13.8 Å². The van der Waals surface area contributed by atoms with Crippen LogP contribution in [0.4, 0.5) is 5.69 Å². The summed E-state index contributed by atoms with van der Waals surface area (Å²) in [7, 11) is 0. The molecule has 1 amide bonds. The third kappa shape index (κ3) is 2.60. The second kappa shape index (κ2) is 5.13. The molecule has 2 heterocycles. The number of nitrogens with one attached hydrogen (secondary N) is 2. The van der Waals surface area contributed by atoms with Gasteiger partial charge >= 0.3 is 0 Å². The molecule has 4 heteroatoms. The lowest BCUT2D eigenvalue weighted by atomic mass is 10.1. The zero-order valence-electron chi connectivity index (χ0n) is 11.7. The molecule has 0 saturated heterocycles. The number of furan rings is 1. The van der Waals surface area contributed by atoms with E-state index in [1.54, 1.807) is 0 Å². The Labute approximate surface area is 118 Å². The van der Waals surface area contributed by atoms with Crippen molar-refractivity contribution in [3.05, 3.63) is 41.7 Å². The van der Waals surface area contributed by atoms with Crippen LogP contribution in [0.1, 0.15) is 25.2 Å². The first-order valence-electron chi connectivity index (χ1n) is 6.87. The van der Waals surface area contributed by atoms with Crippen LogP contribution < -0.4 is 10.6 Å². The van der Waals surface area contributed by atoms with Gasteiger partial charge in [-0.15, -0.1) is 0 Å². The summed E-state index contributed by atoms with van der Waals surface area (Å²) in [6.07, 6.45) is 0.450. The molecular formula is C16H18N2O2. The number of benzene rings is 1. The minimum atomic E-state index is 0.0541. The van der Waals surface area contributed by atoms with Gasteiger partial charge in [0.25, 0.3) is 0 Å². The second-order valence-electron chi connectivity index (χ2n) is 5.40. The van der Waals surface area contributed by atoms with E-state index in [2.05, 4.69) is 24.5 Å². The summed E-state index contributed by atoms with van der Waals surface area (Å²) in [4.78, 5) is 11.4. The SMILES string of the molecule is CC(C)NCc1ccc(-c2ccc3c(c2)CC(=O)N3)o1. The lowest BCUT2D eigenvalue weighted by Gasteiger charge is -2.05. The van der Waals surface area contributed by atoms with Gasteiger partial charge in [0.15, 0.2) is 0 Å². The van der Waals surface area contributed by atoms with E-state index in [-0.39, 0.29) is 5.91 Å². The molecule has 3 rings (SSSR count). The average Bonchev–Trinajstić information content (AvgIpc) is 3.00. The fraction of sp³-hybridized carbons (Fsp3) is 0.312. The quantitative estimate of drug-likeness (QED) is 0.898. The Morgan fingerprint density at radius 3 is 2.95 bits per heavy atom. The van der Waals surface area contributed by atoms with Gasteiger partial charge < -0.3 is 15.1 Å². The molecule has 0 saturated carbocycles. The highest BCUT2D eigenvalue weighted by Gasteiger charge is 2.18. The number of hydrogen-bond acceptors (Lipinski definition) is 3. The number of fused-ring (bicyclic) bond motifs is 1. The van der Waals surface area contributed by atoms with E-state index in [1.807, 2.05) is 30.3 Å². The van der Waals surface area contributed by atoms with Gasteiger partial charge in [-0.3, -0.25) is 4.79 Å². The summed E-state index contributed by atoms with van der Waals surface area (Å²) in [5, 5.41) is 6.16. The first-order valence-corrected chi connectivity index (χ1v) is 6.87. The molecule has 0 spiro atoms. The van der Waals surface area contributed by atoms with Gasteiger partial charge in [-0.05, 0) is 35.9 Å². The van der Waals surface area contributed by atoms with Crippen molar-refractivity contribution in [3.63, 3.8) is 0 Å². The van der Waals surface area contributed by atoms with Gasteiger partial charge in [0, 0.05) is 17.3 Å². The first kappa shape index (κ1) is 12.9. The molecule has 1 aromatic heterocycles. The van der Waals surface area contributed by atoms with Gasteiger partial charge in [0.2, 0.25) is 5.91 Å². The predicted molar refractivity (Wildman–Crippen MR) is 78.5 cm³/mol. The molecule has 0 unspecified atom stereocenters. The van der Waals surface area contributed by atoms with Crippen LogP contribution in [0.15, 0.2) is 34.7 Å². The van der Waals surface area contributed by atoms with Crippen molar-refractivity contribution in [2.45, 2.75) is 32.9 Å². The Balaban J connectivity index is 1.80. The third-order valence-corrected chi connectivity index (χ3v) is 3.36. The number of anilines is 1. The Morgan fingerprint density at radius 2 is 2.15 bits per heavy atom. The normalized spacial score (nSPS) is 13.7. The van der Waals surface area contributed by atoms with Crippen molar-refractivity contribution in [2.24, 2.45) is 0 Å². The first-order chi connectivity index (χ1) is 9.61. The second-order valence-corrected chi connectivity index (χ2v) is 5.40. The van der Waals surface area contributed by atoms with Crippen LogP contribution in [0, 0.1) is 0 Å². The molecule has 1 aromatic carbocycles. The molecule has 0 atom stereocenters. The zero-order chi connectivity index (χ0) is 14.1. The van der Waals surface area contributed by atoms with Crippen molar-refractivity contribution in [1.82, 2.24) is 5.32 Å². The molecule has 4 nitrogen and oxygen atoms in total. The lowest BCUT2D eigenvalue weighted by molar-refractivity contribution is -0.115. The van der Waals surface area contributed by atoms with Gasteiger partial charge in [0.05, 0.1) is 13.0 Å². The Kier molecular flexibility index (Phi) is 3.32. The van der Waals surface area contributed by atoms with E-state index in [4.69, 9.17) is 4.42 Å². The van der Waals surface area contributed by atoms with Crippen LogP contribution in [-0.2, 0) is 17.8 Å². The summed E-state index contributed by atoms with van der Waals surface area (Å²) in [6, 6.07) is 10.3. The summed E-state index contributed by atoms with van der Waals surface area (Å²) in [5.74, 6) is 1.81. The molecule has 1 aliphatic heterocycles. The Bertz CT molecular complexity index is 644. The molecule has 0 aliphatic carbocycles. The third-order valence-electron chi connectivity index (χ3n) is 3.36. The van der Waals surface area contributed by atoms with Crippen molar-refractivity contribution >= 4 is 11.6 Å². The maximum Gasteiger partial charge on any atom is 0.228 e. The summed E-state index contributed by atoms with van der Waals surface area (Å²) >= 11 is 0. The lowest BCUT2D eigenvalue weighted by Crippen LogP contribution is -2.21. The molecule has 2 N–H and O–H groups in total. The van der Waals surface area contributed by atoms with Crippen molar-refractivity contribution in [2.75, 3.05) is 5.32 Å². The molecule has 0 radical (unpaired) electrons. The number of amides is 1. The molecule has 104 valence electrons. The molecule has 1 aliphatic rings. The smallest absolute Gasteiger partial charge is 0.228 e. The van der Waals surface area contributed by atoms with Crippen LogP contribution in [0.2, 0.25) is 0 Å². The molecular weight excluding hydrogens is 252 g/mol. The zero-order valence-corrected chi connectivity index (χ0v) is 11.7. The van der Waals surface area contributed by atoms with Crippen molar-refractivity contribution in [1.29, 1.82) is 0 Å². The molecule has 2 aromatic rings. The molecule has 0 bridgehead atoms.